The summed E-state index contributed by atoms with van der Waals surface area (Å²) in [6.45, 7) is 7.36. The van der Waals surface area contributed by atoms with Gasteiger partial charge in [0.15, 0.2) is 0 Å². The van der Waals surface area contributed by atoms with Crippen molar-refractivity contribution in [2.75, 3.05) is 6.61 Å². The Morgan fingerprint density at radius 1 is 1.30 bits per heavy atom. The van der Waals surface area contributed by atoms with Crippen molar-refractivity contribution in [1.29, 1.82) is 0 Å². The average molecular weight is 416 g/mol. The van der Waals surface area contributed by atoms with Crippen LogP contribution in [-0.4, -0.2) is 6.61 Å². The van der Waals surface area contributed by atoms with Gasteiger partial charge in [0.1, 0.15) is 5.75 Å². The van der Waals surface area contributed by atoms with Crippen molar-refractivity contribution in [3.8, 4) is 5.75 Å². The zero-order valence-corrected chi connectivity index (χ0v) is 15.7. The van der Waals surface area contributed by atoms with Crippen LogP contribution in [0.15, 0.2) is 28.1 Å². The predicted octanol–water partition coefficient (Wildman–Crippen LogP) is 5.97. The first-order valence-corrected chi connectivity index (χ1v) is 9.08. The lowest BCUT2D eigenvalue weighted by Gasteiger charge is -2.17. The van der Waals surface area contributed by atoms with E-state index in [9.17, 15) is 0 Å². The number of hydrogen-bond donors (Lipinski definition) is 0. The molecule has 1 unspecified atom stereocenters. The van der Waals surface area contributed by atoms with E-state index < -0.39 is 0 Å². The minimum Gasteiger partial charge on any atom is -0.492 e. The summed E-state index contributed by atoms with van der Waals surface area (Å²) < 4.78 is 6.97. The largest absolute Gasteiger partial charge is 0.492 e. The molecule has 4 heteroatoms. The molecule has 0 fully saturated rings. The maximum Gasteiger partial charge on any atom is 0.123 e. The zero-order valence-electron chi connectivity index (χ0n) is 11.7. The molecule has 3 rings (SSSR count). The molecule has 0 N–H and O–H groups in total. The molecule has 0 aliphatic carbocycles. The van der Waals surface area contributed by atoms with Gasteiger partial charge < -0.3 is 4.74 Å². The molecule has 0 saturated carbocycles. The van der Waals surface area contributed by atoms with Gasteiger partial charge in [0.05, 0.1) is 15.2 Å². The molecule has 20 heavy (non-hydrogen) atoms. The summed E-state index contributed by atoms with van der Waals surface area (Å²) in [6, 6.07) is 8.78. The predicted molar refractivity (Wildman–Crippen MR) is 92.5 cm³/mol. The lowest BCUT2D eigenvalue weighted by atomic mass is 9.86. The van der Waals surface area contributed by atoms with Crippen LogP contribution in [0.5, 0.6) is 5.75 Å². The van der Waals surface area contributed by atoms with E-state index in [0.717, 1.165) is 12.4 Å². The van der Waals surface area contributed by atoms with Crippen LogP contribution in [0.1, 0.15) is 40.2 Å². The number of fused-ring (bicyclic) bond motifs is 1. The summed E-state index contributed by atoms with van der Waals surface area (Å²) >= 11 is 9.23. The molecular formula is C16H16Br2OS. The second-order valence-electron chi connectivity index (χ2n) is 5.90. The molecule has 1 aliphatic rings. The normalized spacial score (nSPS) is 17.6. The highest BCUT2D eigenvalue weighted by molar-refractivity contribution is 9.11. The van der Waals surface area contributed by atoms with Crippen LogP contribution >= 0.6 is 43.2 Å². The number of alkyl halides is 1. The Balaban J connectivity index is 1.99. The highest BCUT2D eigenvalue weighted by Crippen LogP contribution is 2.44. The fraction of sp³-hybridized carbons (Fsp3) is 0.375. The summed E-state index contributed by atoms with van der Waals surface area (Å²) in [5.74, 6) is 1.03. The van der Waals surface area contributed by atoms with E-state index in [1.807, 2.05) is 0 Å². The Kier molecular flexibility index (Phi) is 3.76. The second kappa shape index (κ2) is 5.15. The fourth-order valence-corrected chi connectivity index (χ4v) is 4.74. The van der Waals surface area contributed by atoms with Crippen LogP contribution in [0, 0.1) is 6.92 Å². The van der Waals surface area contributed by atoms with Gasteiger partial charge in [-0.25, -0.2) is 0 Å². The van der Waals surface area contributed by atoms with Gasteiger partial charge in [0, 0.05) is 15.9 Å². The van der Waals surface area contributed by atoms with E-state index in [2.05, 4.69) is 76.9 Å². The number of ether oxygens (including phenoxy) is 1. The zero-order chi connectivity index (χ0) is 14.5. The molecule has 0 spiro atoms. The third-order valence-electron chi connectivity index (χ3n) is 3.74. The Bertz CT molecular complexity index is 641. The highest BCUT2D eigenvalue weighted by atomic mass is 79.9. The molecule has 1 nitrogen and oxygen atoms in total. The minimum absolute atomic E-state index is 0.101. The topological polar surface area (TPSA) is 9.23 Å². The Morgan fingerprint density at radius 3 is 2.70 bits per heavy atom. The van der Waals surface area contributed by atoms with Crippen LogP contribution in [0.4, 0.5) is 0 Å². The number of hydrogen-bond acceptors (Lipinski definition) is 2. The van der Waals surface area contributed by atoms with Gasteiger partial charge >= 0.3 is 0 Å². The number of benzene rings is 1. The minimum atomic E-state index is 0.101. The maximum absolute atomic E-state index is 5.76. The van der Waals surface area contributed by atoms with Gasteiger partial charge in [-0.2, -0.15) is 0 Å². The molecule has 106 valence electrons. The quantitative estimate of drug-likeness (QED) is 0.548. The Morgan fingerprint density at radius 2 is 2.05 bits per heavy atom. The second-order valence-corrected chi connectivity index (χ2v) is 9.21. The molecule has 1 aliphatic heterocycles. The SMILES string of the molecule is Cc1cc(C(Br)c2ccc3c(c2)C(C)(C)CO3)sc1Br. The molecule has 1 aromatic heterocycles. The summed E-state index contributed by atoms with van der Waals surface area (Å²) in [7, 11) is 0. The Labute approximate surface area is 140 Å². The number of thiophene rings is 1. The lowest BCUT2D eigenvalue weighted by Crippen LogP contribution is -2.18. The van der Waals surface area contributed by atoms with E-state index >= 15 is 0 Å². The van der Waals surface area contributed by atoms with Gasteiger partial charge in [-0.05, 0) is 52.2 Å². The molecule has 0 radical (unpaired) electrons. The standard InChI is InChI=1S/C16H16Br2OS/c1-9-6-13(20-15(9)18)14(17)10-4-5-12-11(7-10)16(2,3)8-19-12/h4-7,14H,8H2,1-3H3. The summed E-state index contributed by atoms with van der Waals surface area (Å²) in [5, 5.41) is 0. The molecular weight excluding hydrogens is 400 g/mol. The van der Waals surface area contributed by atoms with Gasteiger partial charge in [-0.1, -0.05) is 35.8 Å². The van der Waals surface area contributed by atoms with Crippen molar-refractivity contribution in [3.05, 3.63) is 49.6 Å². The number of rotatable bonds is 2. The van der Waals surface area contributed by atoms with Crippen LogP contribution in [0.25, 0.3) is 0 Å². The van der Waals surface area contributed by atoms with Gasteiger partial charge in [-0.3, -0.25) is 0 Å². The molecule has 2 heterocycles. The van der Waals surface area contributed by atoms with Crippen LogP contribution in [0.2, 0.25) is 0 Å². The first-order chi connectivity index (χ1) is 9.38. The average Bonchev–Trinajstić information content (AvgIpc) is 2.90. The van der Waals surface area contributed by atoms with Gasteiger partial charge in [-0.15, -0.1) is 11.3 Å². The highest BCUT2D eigenvalue weighted by Gasteiger charge is 2.32. The van der Waals surface area contributed by atoms with E-state index in [1.165, 1.54) is 25.4 Å². The first-order valence-electron chi connectivity index (χ1n) is 6.55. The van der Waals surface area contributed by atoms with Crippen LogP contribution < -0.4 is 4.74 Å². The number of aryl methyl sites for hydroxylation is 1. The third kappa shape index (κ3) is 2.46. The van der Waals surface area contributed by atoms with Crippen LogP contribution in [0.3, 0.4) is 0 Å². The van der Waals surface area contributed by atoms with Crippen LogP contribution in [-0.2, 0) is 5.41 Å². The van der Waals surface area contributed by atoms with Gasteiger partial charge in [0.25, 0.3) is 0 Å². The number of halogens is 2. The fourth-order valence-electron chi connectivity index (χ4n) is 2.47. The van der Waals surface area contributed by atoms with Crippen molar-refractivity contribution in [2.24, 2.45) is 0 Å². The maximum atomic E-state index is 5.76. The van der Waals surface area contributed by atoms with E-state index in [4.69, 9.17) is 4.74 Å². The summed E-state index contributed by atoms with van der Waals surface area (Å²) in [4.78, 5) is 1.56. The van der Waals surface area contributed by atoms with Crippen molar-refractivity contribution < 1.29 is 4.74 Å². The third-order valence-corrected chi connectivity index (χ3v) is 7.27. The van der Waals surface area contributed by atoms with Crippen molar-refractivity contribution in [1.82, 2.24) is 0 Å². The smallest absolute Gasteiger partial charge is 0.123 e. The van der Waals surface area contributed by atoms with E-state index in [-0.39, 0.29) is 10.2 Å². The van der Waals surface area contributed by atoms with Crippen molar-refractivity contribution >= 4 is 43.2 Å². The molecule has 1 atom stereocenters. The van der Waals surface area contributed by atoms with Gasteiger partial charge in [0.2, 0.25) is 0 Å². The molecule has 2 aromatic rings. The lowest BCUT2D eigenvalue weighted by molar-refractivity contribution is 0.291. The van der Waals surface area contributed by atoms with Crippen molar-refractivity contribution in [2.45, 2.75) is 31.0 Å². The molecule has 1 aromatic carbocycles. The summed E-state index contributed by atoms with van der Waals surface area (Å²) in [5.41, 5.74) is 3.99. The molecule has 0 amide bonds. The van der Waals surface area contributed by atoms with Crippen molar-refractivity contribution in [3.63, 3.8) is 0 Å². The Hall–Kier alpha value is -0.320. The summed E-state index contributed by atoms with van der Waals surface area (Å²) in [6.07, 6.45) is 0. The van der Waals surface area contributed by atoms with E-state index in [0.29, 0.717) is 0 Å². The molecule has 0 bridgehead atoms. The monoisotopic (exact) mass is 414 g/mol. The molecule has 0 saturated heterocycles. The van der Waals surface area contributed by atoms with E-state index in [1.54, 1.807) is 11.3 Å². The first kappa shape index (κ1) is 14.6.